The molecule has 1 atom stereocenters. The maximum Gasteiger partial charge on any atom is 0.158 e. The third kappa shape index (κ3) is 5.19. The van der Waals surface area contributed by atoms with E-state index in [1.807, 2.05) is 0 Å². The van der Waals surface area contributed by atoms with Gasteiger partial charge in [-0.25, -0.2) is 0 Å². The van der Waals surface area contributed by atoms with Crippen molar-refractivity contribution in [2.24, 2.45) is 11.7 Å². The molecule has 1 unspecified atom stereocenters. The second kappa shape index (κ2) is 7.48. The Hall–Kier alpha value is -1.10. The van der Waals surface area contributed by atoms with Crippen molar-refractivity contribution in [2.75, 3.05) is 6.54 Å². The number of hydrogen-bond acceptors (Lipinski definition) is 4. The van der Waals surface area contributed by atoms with Gasteiger partial charge in [-0.3, -0.25) is 11.1 Å². The molecule has 2 aliphatic rings. The average molecular weight is 263 g/mol. The van der Waals surface area contributed by atoms with Crippen molar-refractivity contribution < 1.29 is 5.11 Å². The first-order valence-corrected chi connectivity index (χ1v) is 7.21. The summed E-state index contributed by atoms with van der Waals surface area (Å²) in [6.45, 7) is 1.04. The second-order valence-electron chi connectivity index (χ2n) is 5.39. The van der Waals surface area contributed by atoms with Crippen LogP contribution in [0.3, 0.4) is 0 Å². The highest BCUT2D eigenvalue weighted by atomic mass is 16.3. The fraction of sp³-hybridized carbons (Fsp3) is 0.600. The molecule has 19 heavy (non-hydrogen) atoms. The fourth-order valence-electron chi connectivity index (χ4n) is 2.75. The normalized spacial score (nSPS) is 28.6. The van der Waals surface area contributed by atoms with Gasteiger partial charge in [0.05, 0.1) is 0 Å². The van der Waals surface area contributed by atoms with E-state index in [-0.39, 0.29) is 0 Å². The van der Waals surface area contributed by atoms with Crippen molar-refractivity contribution in [2.45, 2.75) is 44.5 Å². The van der Waals surface area contributed by atoms with Crippen LogP contribution < -0.4 is 16.4 Å². The molecule has 0 saturated heterocycles. The van der Waals surface area contributed by atoms with Crippen LogP contribution in [0.15, 0.2) is 36.1 Å². The zero-order chi connectivity index (χ0) is 13.5. The van der Waals surface area contributed by atoms with Crippen LogP contribution in [0.1, 0.15) is 32.1 Å². The first-order chi connectivity index (χ1) is 9.24. The fourth-order valence-corrected chi connectivity index (χ4v) is 2.75. The molecule has 5 N–H and O–H groups in total. The van der Waals surface area contributed by atoms with E-state index in [1.54, 1.807) is 0 Å². The molecule has 0 amide bonds. The number of allylic oxidation sites excluding steroid dienone is 5. The van der Waals surface area contributed by atoms with Gasteiger partial charge in [-0.1, -0.05) is 24.3 Å². The smallest absolute Gasteiger partial charge is 0.158 e. The third-order valence-corrected chi connectivity index (χ3v) is 3.84. The molecule has 106 valence electrons. The third-order valence-electron chi connectivity index (χ3n) is 3.84. The van der Waals surface area contributed by atoms with Gasteiger partial charge in [0.2, 0.25) is 0 Å². The van der Waals surface area contributed by atoms with Crippen molar-refractivity contribution in [3.63, 3.8) is 0 Å². The Morgan fingerprint density at radius 3 is 2.79 bits per heavy atom. The molecular weight excluding hydrogens is 238 g/mol. The van der Waals surface area contributed by atoms with Crippen LogP contribution in [-0.4, -0.2) is 24.0 Å². The summed E-state index contributed by atoms with van der Waals surface area (Å²) < 4.78 is 0. The Morgan fingerprint density at radius 1 is 1.26 bits per heavy atom. The lowest BCUT2D eigenvalue weighted by Gasteiger charge is -2.30. The van der Waals surface area contributed by atoms with E-state index in [4.69, 9.17) is 10.8 Å². The average Bonchev–Trinajstić information content (AvgIpc) is 2.66. The van der Waals surface area contributed by atoms with E-state index in [0.29, 0.717) is 6.04 Å². The lowest BCUT2D eigenvalue weighted by molar-refractivity contribution is 0.114. The van der Waals surface area contributed by atoms with Crippen LogP contribution in [-0.2, 0) is 0 Å². The van der Waals surface area contributed by atoms with Gasteiger partial charge in [0.15, 0.2) is 6.35 Å². The molecule has 0 aliphatic heterocycles. The van der Waals surface area contributed by atoms with Crippen LogP contribution in [0.25, 0.3) is 0 Å². The number of nitrogens with one attached hydrogen (secondary N) is 2. The highest BCUT2D eigenvalue weighted by Gasteiger charge is 2.21. The largest absolute Gasteiger partial charge is 0.385 e. The quantitative estimate of drug-likeness (QED) is 0.565. The molecule has 0 spiro atoms. The molecule has 2 rings (SSSR count). The lowest BCUT2D eigenvalue weighted by atomic mass is 9.86. The molecular formula is C15H25N3O. The molecule has 0 radical (unpaired) electrons. The van der Waals surface area contributed by atoms with Crippen LogP contribution in [0, 0.1) is 5.92 Å². The monoisotopic (exact) mass is 263 g/mol. The number of aliphatic hydroxyl groups excluding tert-OH is 1. The summed E-state index contributed by atoms with van der Waals surface area (Å²) in [5, 5.41) is 15.6. The number of rotatable bonds is 5. The van der Waals surface area contributed by atoms with Gasteiger partial charge < -0.3 is 10.4 Å². The minimum Gasteiger partial charge on any atom is -0.385 e. The molecule has 0 heterocycles. The summed E-state index contributed by atoms with van der Waals surface area (Å²) in [4.78, 5) is 0. The van der Waals surface area contributed by atoms with Gasteiger partial charge in [0.1, 0.15) is 0 Å². The summed E-state index contributed by atoms with van der Waals surface area (Å²) in [5.74, 6) is 0.721. The van der Waals surface area contributed by atoms with Crippen molar-refractivity contribution in [3.05, 3.63) is 36.1 Å². The maximum absolute atomic E-state index is 9.10. The minimum absolute atomic E-state index is 0.373. The highest BCUT2D eigenvalue weighted by Crippen LogP contribution is 2.24. The predicted molar refractivity (Wildman–Crippen MR) is 78.1 cm³/mol. The summed E-state index contributed by atoms with van der Waals surface area (Å²) in [7, 11) is 0. The van der Waals surface area contributed by atoms with Gasteiger partial charge >= 0.3 is 0 Å². The summed E-state index contributed by atoms with van der Waals surface area (Å²) in [5.41, 5.74) is 6.56. The molecule has 1 fully saturated rings. The first-order valence-electron chi connectivity index (χ1n) is 7.21. The van der Waals surface area contributed by atoms with Crippen LogP contribution in [0.5, 0.6) is 0 Å². The number of nitrogens with two attached hydrogens (primary N) is 1. The Bertz CT molecular complexity index is 352. The number of aliphatic hydroxyl groups is 1. The Kier molecular flexibility index (Phi) is 5.63. The van der Waals surface area contributed by atoms with E-state index >= 15 is 0 Å². The molecule has 4 nitrogen and oxygen atoms in total. The topological polar surface area (TPSA) is 70.3 Å². The SMILES string of the molecule is NC(O)NC1CCC(CNC2=CCC=CC=C2)CC1. The lowest BCUT2D eigenvalue weighted by Crippen LogP contribution is -2.45. The van der Waals surface area contributed by atoms with Crippen molar-refractivity contribution >= 4 is 0 Å². The molecule has 2 aliphatic carbocycles. The number of hydrogen-bond donors (Lipinski definition) is 4. The summed E-state index contributed by atoms with van der Waals surface area (Å²) in [6.07, 6.45) is 15.3. The summed E-state index contributed by atoms with van der Waals surface area (Å²) >= 11 is 0. The molecule has 0 bridgehead atoms. The maximum atomic E-state index is 9.10. The zero-order valence-corrected chi connectivity index (χ0v) is 11.4. The van der Waals surface area contributed by atoms with E-state index in [9.17, 15) is 0 Å². The summed E-state index contributed by atoms with van der Waals surface area (Å²) in [6, 6.07) is 0.373. The second-order valence-corrected chi connectivity index (χ2v) is 5.39. The van der Waals surface area contributed by atoms with E-state index in [2.05, 4.69) is 41.0 Å². The van der Waals surface area contributed by atoms with Crippen LogP contribution in [0.2, 0.25) is 0 Å². The molecule has 0 aromatic rings. The van der Waals surface area contributed by atoms with Crippen LogP contribution in [0.4, 0.5) is 0 Å². The Morgan fingerprint density at radius 2 is 2.05 bits per heavy atom. The molecule has 4 heteroatoms. The first kappa shape index (κ1) is 14.3. The van der Waals surface area contributed by atoms with E-state index in [0.717, 1.165) is 31.7 Å². The predicted octanol–water partition coefficient (Wildman–Crippen LogP) is 1.36. The Balaban J connectivity index is 1.67. The molecule has 0 aromatic carbocycles. The zero-order valence-electron chi connectivity index (χ0n) is 11.4. The highest BCUT2D eigenvalue weighted by molar-refractivity contribution is 5.24. The van der Waals surface area contributed by atoms with Gasteiger partial charge in [0.25, 0.3) is 0 Å². The van der Waals surface area contributed by atoms with E-state index < -0.39 is 6.35 Å². The molecule has 1 saturated carbocycles. The van der Waals surface area contributed by atoms with Gasteiger partial charge in [-0.2, -0.15) is 0 Å². The van der Waals surface area contributed by atoms with Gasteiger partial charge in [-0.15, -0.1) is 0 Å². The van der Waals surface area contributed by atoms with E-state index in [1.165, 1.54) is 18.5 Å². The Labute approximate surface area is 115 Å². The van der Waals surface area contributed by atoms with Crippen molar-refractivity contribution in [1.29, 1.82) is 0 Å². The van der Waals surface area contributed by atoms with Crippen molar-refractivity contribution in [3.8, 4) is 0 Å². The molecule has 0 aromatic heterocycles. The van der Waals surface area contributed by atoms with Crippen LogP contribution >= 0.6 is 0 Å². The standard InChI is InChI=1S/C15H25N3O/c16-15(19)18-14-9-7-12(8-10-14)11-17-13-5-3-1-2-4-6-13/h1-3,5-6,12,14-15,17-19H,4,7-11,16H2. The van der Waals surface area contributed by atoms with Gasteiger partial charge in [0, 0.05) is 18.3 Å². The minimum atomic E-state index is -0.881. The van der Waals surface area contributed by atoms with Gasteiger partial charge in [-0.05, 0) is 44.1 Å². The van der Waals surface area contributed by atoms with Crippen molar-refractivity contribution in [1.82, 2.24) is 10.6 Å².